The summed E-state index contributed by atoms with van der Waals surface area (Å²) in [7, 11) is -4.03. The Hall–Kier alpha value is 0.380. The van der Waals surface area contributed by atoms with Crippen molar-refractivity contribution in [1.82, 2.24) is 0 Å². The molecule has 0 fully saturated rings. The molecule has 7 heteroatoms. The van der Waals surface area contributed by atoms with Gasteiger partial charge in [-0.15, -0.1) is 23.7 Å². The maximum Gasteiger partial charge on any atom is 0.296 e. The van der Waals surface area contributed by atoms with E-state index in [4.69, 9.17) is 4.55 Å². The van der Waals surface area contributed by atoms with Crippen LogP contribution in [0.2, 0.25) is 0 Å². The molecule has 1 N–H and O–H groups in total. The Bertz CT molecular complexity index is 331. The van der Waals surface area contributed by atoms with Gasteiger partial charge in [0.2, 0.25) is 0 Å². The third kappa shape index (κ3) is 2.72. The molecule has 1 rings (SSSR count). The van der Waals surface area contributed by atoms with Gasteiger partial charge < -0.3 is 0 Å². The highest BCUT2D eigenvalue weighted by molar-refractivity contribution is 9.10. The monoisotopic (exact) mass is 278 g/mol. The minimum atomic E-state index is -4.03. The third-order valence-electron chi connectivity index (χ3n) is 0.860. The molecule has 0 radical (unpaired) electrons. The smallest absolute Gasteiger partial charge is 0.282 e. The Morgan fingerprint density at radius 1 is 1.45 bits per heavy atom. The summed E-state index contributed by atoms with van der Waals surface area (Å²) in [5.74, 6) is 0. The molecule has 0 unspecified atom stereocenters. The van der Waals surface area contributed by atoms with Crippen molar-refractivity contribution in [2.45, 2.75) is 4.90 Å². The Kier molecular flexibility index (Phi) is 3.99. The van der Waals surface area contributed by atoms with Crippen molar-refractivity contribution in [3.05, 3.63) is 15.2 Å². The minimum Gasteiger partial charge on any atom is -0.282 e. The second kappa shape index (κ2) is 3.86. The Labute approximate surface area is 82.7 Å². The van der Waals surface area contributed by atoms with Crippen molar-refractivity contribution in [2.24, 2.45) is 0 Å². The van der Waals surface area contributed by atoms with Gasteiger partial charge in [0.15, 0.2) is 0 Å². The number of thiophene rings is 1. The standard InChI is InChI=1S/C4H3BrO3S2.ClH/c5-3-1-9-2-4(3)10(6,7)8;/h1-2H,(H,6,7,8);1H. The van der Waals surface area contributed by atoms with E-state index in [1.165, 1.54) is 16.7 Å². The first-order valence-corrected chi connectivity index (χ1v) is 5.38. The van der Waals surface area contributed by atoms with Crippen LogP contribution in [-0.2, 0) is 10.1 Å². The van der Waals surface area contributed by atoms with Gasteiger partial charge in [-0.2, -0.15) is 8.42 Å². The highest BCUT2D eigenvalue weighted by Gasteiger charge is 2.13. The summed E-state index contributed by atoms with van der Waals surface area (Å²) in [5.41, 5.74) is 0. The van der Waals surface area contributed by atoms with Crippen LogP contribution in [0.4, 0.5) is 0 Å². The number of halogens is 2. The van der Waals surface area contributed by atoms with Gasteiger partial charge in [-0.1, -0.05) is 0 Å². The SMILES string of the molecule is Cl.O=S(=O)(O)c1cscc1Br. The summed E-state index contributed by atoms with van der Waals surface area (Å²) in [6.07, 6.45) is 0. The summed E-state index contributed by atoms with van der Waals surface area (Å²) in [4.78, 5) is -0.0718. The fraction of sp³-hybridized carbons (Fsp3) is 0. The maximum absolute atomic E-state index is 10.4. The van der Waals surface area contributed by atoms with E-state index in [-0.39, 0.29) is 17.3 Å². The van der Waals surface area contributed by atoms with Gasteiger partial charge in [-0.3, -0.25) is 4.55 Å². The lowest BCUT2D eigenvalue weighted by molar-refractivity contribution is 0.483. The first-order chi connectivity index (χ1) is 4.52. The lowest BCUT2D eigenvalue weighted by Crippen LogP contribution is -1.95. The topological polar surface area (TPSA) is 54.4 Å². The first kappa shape index (κ1) is 11.4. The second-order valence-electron chi connectivity index (χ2n) is 1.56. The van der Waals surface area contributed by atoms with Crippen molar-refractivity contribution in [2.75, 3.05) is 0 Å². The average molecular weight is 280 g/mol. The summed E-state index contributed by atoms with van der Waals surface area (Å²) in [6.45, 7) is 0. The molecule has 1 aromatic rings. The fourth-order valence-electron chi connectivity index (χ4n) is 0.454. The molecule has 0 atom stereocenters. The molecule has 0 spiro atoms. The van der Waals surface area contributed by atoms with Crippen molar-refractivity contribution >= 4 is 49.8 Å². The van der Waals surface area contributed by atoms with Crippen molar-refractivity contribution in [3.63, 3.8) is 0 Å². The Morgan fingerprint density at radius 3 is 2.18 bits per heavy atom. The van der Waals surface area contributed by atoms with Crippen LogP contribution in [-0.4, -0.2) is 13.0 Å². The number of hydrogen-bond acceptors (Lipinski definition) is 3. The number of hydrogen-bond donors (Lipinski definition) is 1. The summed E-state index contributed by atoms with van der Waals surface area (Å²) >= 11 is 4.18. The molecule has 11 heavy (non-hydrogen) atoms. The molecule has 0 amide bonds. The van der Waals surface area contributed by atoms with Crippen molar-refractivity contribution < 1.29 is 13.0 Å². The van der Waals surface area contributed by atoms with E-state index in [1.54, 1.807) is 5.38 Å². The Morgan fingerprint density at radius 2 is 2.00 bits per heavy atom. The minimum absolute atomic E-state index is 0. The lowest BCUT2D eigenvalue weighted by atomic mass is 10.7. The summed E-state index contributed by atoms with van der Waals surface area (Å²) in [5, 5.41) is 2.95. The van der Waals surface area contributed by atoms with E-state index < -0.39 is 10.1 Å². The van der Waals surface area contributed by atoms with E-state index in [0.717, 1.165) is 0 Å². The quantitative estimate of drug-likeness (QED) is 0.802. The molecule has 3 nitrogen and oxygen atoms in total. The average Bonchev–Trinajstić information content (AvgIpc) is 2.11. The highest BCUT2D eigenvalue weighted by Crippen LogP contribution is 2.25. The molecule has 1 heterocycles. The van der Waals surface area contributed by atoms with Gasteiger partial charge in [0.1, 0.15) is 4.90 Å². The van der Waals surface area contributed by atoms with E-state index in [9.17, 15) is 8.42 Å². The van der Waals surface area contributed by atoms with Gasteiger partial charge in [-0.25, -0.2) is 0 Å². The van der Waals surface area contributed by atoms with Crippen LogP contribution in [0.3, 0.4) is 0 Å². The van der Waals surface area contributed by atoms with Gasteiger partial charge in [-0.05, 0) is 15.9 Å². The van der Waals surface area contributed by atoms with E-state index in [1.807, 2.05) is 0 Å². The molecule has 0 aliphatic carbocycles. The van der Waals surface area contributed by atoms with E-state index in [0.29, 0.717) is 4.47 Å². The van der Waals surface area contributed by atoms with Gasteiger partial charge >= 0.3 is 0 Å². The van der Waals surface area contributed by atoms with Crippen molar-refractivity contribution in [3.8, 4) is 0 Å². The molecule has 0 saturated heterocycles. The van der Waals surface area contributed by atoms with Gasteiger partial charge in [0.05, 0.1) is 0 Å². The first-order valence-electron chi connectivity index (χ1n) is 2.21. The molecule has 0 bridgehead atoms. The zero-order valence-electron chi connectivity index (χ0n) is 5.02. The van der Waals surface area contributed by atoms with Crippen LogP contribution in [0.15, 0.2) is 20.1 Å². The lowest BCUT2D eigenvalue weighted by Gasteiger charge is -1.89. The predicted molar refractivity (Wildman–Crippen MR) is 49.1 cm³/mol. The summed E-state index contributed by atoms with van der Waals surface area (Å²) < 4.78 is 29.8. The highest BCUT2D eigenvalue weighted by atomic mass is 79.9. The van der Waals surface area contributed by atoms with Crippen LogP contribution in [0.25, 0.3) is 0 Å². The maximum atomic E-state index is 10.4. The zero-order valence-corrected chi connectivity index (χ0v) is 9.06. The third-order valence-corrected chi connectivity index (χ3v) is 3.87. The van der Waals surface area contributed by atoms with E-state index in [2.05, 4.69) is 15.9 Å². The molecule has 0 aromatic carbocycles. The molecular weight excluding hydrogens is 276 g/mol. The molecule has 0 aliphatic heterocycles. The normalized spacial score (nSPS) is 10.7. The fourth-order valence-corrected chi connectivity index (χ4v) is 3.26. The van der Waals surface area contributed by atoms with Crippen LogP contribution >= 0.6 is 39.7 Å². The molecule has 64 valence electrons. The molecule has 0 aliphatic rings. The summed E-state index contributed by atoms with van der Waals surface area (Å²) in [6, 6.07) is 0. The second-order valence-corrected chi connectivity index (χ2v) is 4.55. The van der Waals surface area contributed by atoms with E-state index >= 15 is 0 Å². The predicted octanol–water partition coefficient (Wildman–Crippen LogP) is 2.18. The van der Waals surface area contributed by atoms with Gasteiger partial charge in [0.25, 0.3) is 10.1 Å². The Balaban J connectivity index is 0.000001000. The van der Waals surface area contributed by atoms with Crippen LogP contribution in [0.5, 0.6) is 0 Å². The zero-order chi connectivity index (χ0) is 7.78. The number of rotatable bonds is 1. The van der Waals surface area contributed by atoms with Crippen molar-refractivity contribution in [1.29, 1.82) is 0 Å². The molecular formula is C4H4BrClO3S2. The van der Waals surface area contributed by atoms with Crippen LogP contribution < -0.4 is 0 Å². The van der Waals surface area contributed by atoms with Crippen LogP contribution in [0.1, 0.15) is 0 Å². The largest absolute Gasteiger partial charge is 0.296 e. The molecule has 1 aromatic heterocycles. The van der Waals surface area contributed by atoms with Gasteiger partial charge in [0, 0.05) is 15.2 Å². The molecule has 0 saturated carbocycles. The van der Waals surface area contributed by atoms with Crippen LogP contribution in [0, 0.1) is 0 Å².